The van der Waals surface area contributed by atoms with Gasteiger partial charge in [0.15, 0.2) is 0 Å². The second-order valence-electron chi connectivity index (χ2n) is 6.25. The number of ether oxygens (including phenoxy) is 1. The molecule has 1 aromatic carbocycles. The van der Waals surface area contributed by atoms with Crippen molar-refractivity contribution >= 4 is 17.9 Å². The number of rotatable bonds is 5. The molecule has 0 bridgehead atoms. The fraction of sp³-hybridized carbons (Fsp3) is 0.294. The number of carbonyl (C=O) groups excluding carboxylic acids is 1. The molecule has 0 saturated heterocycles. The Hall–Kier alpha value is -3.16. The summed E-state index contributed by atoms with van der Waals surface area (Å²) in [5.74, 6) is 0. The predicted octanol–water partition coefficient (Wildman–Crippen LogP) is 3.32. The Kier molecular flexibility index (Phi) is 5.53. The number of nitrogens with zero attached hydrogens (tertiary/aromatic N) is 3. The van der Waals surface area contributed by atoms with Crippen LogP contribution in [-0.4, -0.2) is 32.9 Å². The van der Waals surface area contributed by atoms with Crippen LogP contribution < -0.4 is 5.32 Å². The van der Waals surface area contributed by atoms with E-state index in [2.05, 4.69) is 10.4 Å². The van der Waals surface area contributed by atoms with E-state index in [9.17, 15) is 14.9 Å². The van der Waals surface area contributed by atoms with Crippen LogP contribution in [-0.2, 0) is 4.74 Å². The summed E-state index contributed by atoms with van der Waals surface area (Å²) in [7, 11) is 0. The SMILES string of the molecule is CC(C)(C)OC(=O)NCC=Cc1cnn(-c2ccccc2[N+](=O)[O-])c1. The molecule has 1 heterocycles. The van der Waals surface area contributed by atoms with Gasteiger partial charge in [-0.05, 0) is 26.8 Å². The van der Waals surface area contributed by atoms with Gasteiger partial charge in [-0.15, -0.1) is 0 Å². The predicted molar refractivity (Wildman–Crippen MR) is 93.5 cm³/mol. The summed E-state index contributed by atoms with van der Waals surface area (Å²) in [4.78, 5) is 22.1. The molecule has 1 amide bonds. The molecule has 1 aromatic heterocycles. The zero-order valence-electron chi connectivity index (χ0n) is 14.3. The smallest absolute Gasteiger partial charge is 0.407 e. The van der Waals surface area contributed by atoms with Gasteiger partial charge >= 0.3 is 6.09 Å². The molecule has 8 nitrogen and oxygen atoms in total. The van der Waals surface area contributed by atoms with Gasteiger partial charge in [0.1, 0.15) is 11.3 Å². The standard InChI is InChI=1S/C17H20N4O4/c1-17(2,3)25-16(22)18-10-6-7-13-11-19-20(12-13)14-8-4-5-9-15(14)21(23)24/h4-9,11-12H,10H2,1-3H3,(H,18,22). The number of alkyl carbamates (subject to hydrolysis) is 1. The van der Waals surface area contributed by atoms with E-state index in [-0.39, 0.29) is 5.69 Å². The van der Waals surface area contributed by atoms with Crippen LogP contribution in [0.3, 0.4) is 0 Å². The molecule has 25 heavy (non-hydrogen) atoms. The molecule has 2 aromatic rings. The van der Waals surface area contributed by atoms with Crippen molar-refractivity contribution in [3.05, 3.63) is 58.4 Å². The van der Waals surface area contributed by atoms with Crippen molar-refractivity contribution in [2.45, 2.75) is 26.4 Å². The van der Waals surface area contributed by atoms with Gasteiger partial charge in [-0.25, -0.2) is 9.48 Å². The molecule has 0 unspecified atom stereocenters. The van der Waals surface area contributed by atoms with Crippen molar-refractivity contribution in [3.8, 4) is 5.69 Å². The number of para-hydroxylation sites is 2. The summed E-state index contributed by atoms with van der Waals surface area (Å²) in [6.07, 6.45) is 6.26. The lowest BCUT2D eigenvalue weighted by Gasteiger charge is -2.19. The van der Waals surface area contributed by atoms with E-state index in [0.717, 1.165) is 5.56 Å². The number of amides is 1. The summed E-state index contributed by atoms with van der Waals surface area (Å²) in [6.45, 7) is 5.67. The van der Waals surface area contributed by atoms with Gasteiger partial charge in [-0.3, -0.25) is 10.1 Å². The minimum Gasteiger partial charge on any atom is -0.444 e. The van der Waals surface area contributed by atoms with Crippen LogP contribution in [0.4, 0.5) is 10.5 Å². The van der Waals surface area contributed by atoms with Crippen molar-refractivity contribution in [2.75, 3.05) is 6.54 Å². The molecule has 0 spiro atoms. The summed E-state index contributed by atoms with van der Waals surface area (Å²) in [5.41, 5.74) is 0.579. The van der Waals surface area contributed by atoms with Crippen molar-refractivity contribution < 1.29 is 14.5 Å². The summed E-state index contributed by atoms with van der Waals surface area (Å²) >= 11 is 0. The van der Waals surface area contributed by atoms with Crippen LogP contribution in [0.1, 0.15) is 26.3 Å². The number of hydrogen-bond donors (Lipinski definition) is 1. The van der Waals surface area contributed by atoms with Gasteiger partial charge in [0.2, 0.25) is 0 Å². The third-order valence-corrected chi connectivity index (χ3v) is 3.00. The molecule has 132 valence electrons. The number of carbonyl (C=O) groups is 1. The first-order valence-corrected chi connectivity index (χ1v) is 7.68. The lowest BCUT2D eigenvalue weighted by molar-refractivity contribution is -0.384. The van der Waals surface area contributed by atoms with E-state index < -0.39 is 16.6 Å². The average Bonchev–Trinajstić information content (AvgIpc) is 2.98. The fourth-order valence-electron chi connectivity index (χ4n) is 2.02. The summed E-state index contributed by atoms with van der Waals surface area (Å²) in [5, 5.41) is 17.8. The molecule has 0 radical (unpaired) electrons. The second-order valence-corrected chi connectivity index (χ2v) is 6.25. The maximum absolute atomic E-state index is 11.5. The summed E-state index contributed by atoms with van der Waals surface area (Å²) < 4.78 is 6.57. The third-order valence-electron chi connectivity index (χ3n) is 3.00. The summed E-state index contributed by atoms with van der Waals surface area (Å²) in [6, 6.07) is 6.37. The van der Waals surface area contributed by atoms with E-state index in [1.807, 2.05) is 0 Å². The molecule has 0 fully saturated rings. The number of benzene rings is 1. The molecule has 2 rings (SSSR count). The second kappa shape index (κ2) is 7.61. The van der Waals surface area contributed by atoms with Crippen LogP contribution in [0.25, 0.3) is 11.8 Å². The van der Waals surface area contributed by atoms with E-state index in [0.29, 0.717) is 12.2 Å². The lowest BCUT2D eigenvalue weighted by atomic mass is 10.2. The Morgan fingerprint density at radius 2 is 2.12 bits per heavy atom. The van der Waals surface area contributed by atoms with Gasteiger partial charge in [0.25, 0.3) is 5.69 Å². The van der Waals surface area contributed by atoms with Gasteiger partial charge < -0.3 is 10.1 Å². The molecule has 0 aliphatic rings. The minimum atomic E-state index is -0.542. The first kappa shape index (κ1) is 18.2. The van der Waals surface area contributed by atoms with E-state index in [1.54, 1.807) is 63.5 Å². The highest BCUT2D eigenvalue weighted by Gasteiger charge is 2.15. The van der Waals surface area contributed by atoms with Crippen molar-refractivity contribution in [1.29, 1.82) is 0 Å². The number of nitro groups is 1. The zero-order valence-corrected chi connectivity index (χ0v) is 14.3. The van der Waals surface area contributed by atoms with Crippen LogP contribution in [0.5, 0.6) is 0 Å². The monoisotopic (exact) mass is 344 g/mol. The van der Waals surface area contributed by atoms with Gasteiger partial charge in [0, 0.05) is 24.4 Å². The minimum absolute atomic E-state index is 0.0206. The molecule has 1 N–H and O–H groups in total. The molecular weight excluding hydrogens is 324 g/mol. The van der Waals surface area contributed by atoms with Crippen LogP contribution in [0, 0.1) is 10.1 Å². The fourth-order valence-corrected chi connectivity index (χ4v) is 2.02. The quantitative estimate of drug-likeness (QED) is 0.662. The maximum atomic E-state index is 11.5. The number of hydrogen-bond acceptors (Lipinski definition) is 5. The highest BCUT2D eigenvalue weighted by molar-refractivity contribution is 5.68. The van der Waals surface area contributed by atoms with E-state index in [4.69, 9.17) is 4.74 Å². The largest absolute Gasteiger partial charge is 0.444 e. The average molecular weight is 344 g/mol. The Labute approximate surface area is 145 Å². The highest BCUT2D eigenvalue weighted by atomic mass is 16.6. The maximum Gasteiger partial charge on any atom is 0.407 e. The topological polar surface area (TPSA) is 99.3 Å². The number of nitrogens with one attached hydrogen (secondary N) is 1. The van der Waals surface area contributed by atoms with E-state index in [1.165, 1.54) is 10.7 Å². The van der Waals surface area contributed by atoms with Gasteiger partial charge in [-0.1, -0.05) is 24.3 Å². The highest BCUT2D eigenvalue weighted by Crippen LogP contribution is 2.21. The van der Waals surface area contributed by atoms with Crippen molar-refractivity contribution in [2.24, 2.45) is 0 Å². The Morgan fingerprint density at radius 1 is 1.40 bits per heavy atom. The third kappa shape index (κ3) is 5.45. The van der Waals surface area contributed by atoms with E-state index >= 15 is 0 Å². The van der Waals surface area contributed by atoms with Crippen LogP contribution in [0.15, 0.2) is 42.7 Å². The number of aromatic nitrogens is 2. The zero-order chi connectivity index (χ0) is 18.4. The Balaban J connectivity index is 1.98. The normalized spacial score (nSPS) is 11.5. The lowest BCUT2D eigenvalue weighted by Crippen LogP contribution is -2.32. The first-order chi connectivity index (χ1) is 11.8. The van der Waals surface area contributed by atoms with Crippen molar-refractivity contribution in [3.63, 3.8) is 0 Å². The molecular formula is C17H20N4O4. The van der Waals surface area contributed by atoms with Crippen molar-refractivity contribution in [1.82, 2.24) is 15.1 Å². The number of nitro benzene ring substituents is 1. The van der Waals surface area contributed by atoms with Crippen LogP contribution >= 0.6 is 0 Å². The Bertz CT molecular complexity index is 790. The molecule has 0 aliphatic carbocycles. The molecule has 0 aliphatic heterocycles. The Morgan fingerprint density at radius 3 is 2.80 bits per heavy atom. The van der Waals surface area contributed by atoms with Gasteiger partial charge in [-0.2, -0.15) is 5.10 Å². The first-order valence-electron chi connectivity index (χ1n) is 7.68. The molecule has 0 saturated carbocycles. The molecule has 0 atom stereocenters. The van der Waals surface area contributed by atoms with Crippen LogP contribution in [0.2, 0.25) is 0 Å². The van der Waals surface area contributed by atoms with Gasteiger partial charge in [0.05, 0.1) is 11.1 Å². The molecule has 8 heteroatoms.